The number of aliphatic hydroxyl groups excluding tert-OH is 2. The minimum absolute atomic E-state index is 0.136. The maximum Gasteiger partial charge on any atom is 0.223 e. The van der Waals surface area contributed by atoms with Gasteiger partial charge in [0.2, 0.25) is 5.82 Å². The molecule has 0 bridgehead atoms. The van der Waals surface area contributed by atoms with E-state index in [0.29, 0.717) is 28.3 Å². The van der Waals surface area contributed by atoms with Gasteiger partial charge in [0.25, 0.3) is 0 Å². The van der Waals surface area contributed by atoms with Gasteiger partial charge in [0, 0.05) is 29.6 Å². The summed E-state index contributed by atoms with van der Waals surface area (Å²) in [6.45, 7) is -0.219. The minimum atomic E-state index is -0.894. The van der Waals surface area contributed by atoms with Crippen LogP contribution < -0.4 is 5.32 Å². The molecule has 3 N–H and O–H groups in total. The fourth-order valence-electron chi connectivity index (χ4n) is 2.23. The van der Waals surface area contributed by atoms with Crippen LogP contribution in [-0.2, 0) is 7.05 Å². The first kappa shape index (κ1) is 16.9. The van der Waals surface area contributed by atoms with Gasteiger partial charge >= 0.3 is 0 Å². The fourth-order valence-corrected chi connectivity index (χ4v) is 2.23. The SMILES string of the molecule is Cn1nnc(-c2ccc(-c3ccc(NC[C@H](O)CO)cc3F)cn2)n1. The molecule has 2 heterocycles. The van der Waals surface area contributed by atoms with Crippen LogP contribution in [0.2, 0.25) is 0 Å². The largest absolute Gasteiger partial charge is 0.394 e. The number of rotatable bonds is 6. The summed E-state index contributed by atoms with van der Waals surface area (Å²) in [4.78, 5) is 5.59. The van der Waals surface area contributed by atoms with Crippen LogP contribution in [0.3, 0.4) is 0 Å². The van der Waals surface area contributed by atoms with E-state index in [1.807, 2.05) is 0 Å². The summed E-state index contributed by atoms with van der Waals surface area (Å²) >= 11 is 0. The molecule has 8 nitrogen and oxygen atoms in total. The number of hydrogen-bond acceptors (Lipinski definition) is 7. The highest BCUT2D eigenvalue weighted by molar-refractivity contribution is 5.67. The normalized spacial score (nSPS) is 12.2. The molecule has 0 unspecified atom stereocenters. The molecule has 3 rings (SSSR count). The van der Waals surface area contributed by atoms with Crippen molar-refractivity contribution < 1.29 is 14.6 Å². The summed E-state index contributed by atoms with van der Waals surface area (Å²) in [7, 11) is 1.66. The number of halogens is 1. The second kappa shape index (κ2) is 7.32. The Balaban J connectivity index is 1.77. The van der Waals surface area contributed by atoms with Gasteiger partial charge in [0.1, 0.15) is 11.5 Å². The van der Waals surface area contributed by atoms with Crippen LogP contribution in [0.25, 0.3) is 22.6 Å². The lowest BCUT2D eigenvalue weighted by atomic mass is 10.1. The van der Waals surface area contributed by atoms with Crippen molar-refractivity contribution >= 4 is 5.69 Å². The molecule has 2 aromatic heterocycles. The number of pyridine rings is 1. The van der Waals surface area contributed by atoms with Crippen molar-refractivity contribution in [3.8, 4) is 22.6 Å². The van der Waals surface area contributed by atoms with Crippen molar-refractivity contribution in [2.75, 3.05) is 18.5 Å². The molecule has 25 heavy (non-hydrogen) atoms. The molecule has 1 atom stereocenters. The molecule has 9 heteroatoms. The molecule has 0 amide bonds. The van der Waals surface area contributed by atoms with Gasteiger partial charge < -0.3 is 15.5 Å². The molecule has 0 saturated heterocycles. The number of anilines is 1. The molecule has 0 saturated carbocycles. The molecular formula is C16H17FN6O2. The fraction of sp³-hybridized carbons (Fsp3) is 0.250. The van der Waals surface area contributed by atoms with Crippen LogP contribution in [0.15, 0.2) is 36.5 Å². The first-order chi connectivity index (χ1) is 12.1. The van der Waals surface area contributed by atoms with E-state index >= 15 is 0 Å². The predicted molar refractivity (Wildman–Crippen MR) is 89.0 cm³/mol. The first-order valence-electron chi connectivity index (χ1n) is 7.60. The van der Waals surface area contributed by atoms with Gasteiger partial charge in [-0.15, -0.1) is 10.2 Å². The Labute approximate surface area is 143 Å². The third kappa shape index (κ3) is 3.95. The molecule has 0 aliphatic heterocycles. The zero-order valence-electron chi connectivity index (χ0n) is 13.5. The zero-order chi connectivity index (χ0) is 17.8. The Morgan fingerprint density at radius 2 is 2.12 bits per heavy atom. The maximum atomic E-state index is 14.4. The number of nitrogens with one attached hydrogen (secondary N) is 1. The smallest absolute Gasteiger partial charge is 0.223 e. The van der Waals surface area contributed by atoms with Crippen LogP contribution in [0.1, 0.15) is 0 Å². The Kier molecular flexibility index (Phi) is 4.96. The van der Waals surface area contributed by atoms with E-state index in [9.17, 15) is 9.50 Å². The molecule has 130 valence electrons. The number of tetrazole rings is 1. The van der Waals surface area contributed by atoms with Crippen molar-refractivity contribution in [3.63, 3.8) is 0 Å². The van der Waals surface area contributed by atoms with E-state index in [1.165, 1.54) is 10.9 Å². The number of aliphatic hydroxyl groups is 2. The lowest BCUT2D eigenvalue weighted by Crippen LogP contribution is -2.22. The molecule has 1 aromatic carbocycles. The average Bonchev–Trinajstić information content (AvgIpc) is 3.06. The Morgan fingerprint density at radius 3 is 2.72 bits per heavy atom. The van der Waals surface area contributed by atoms with E-state index in [0.717, 1.165) is 0 Å². The van der Waals surface area contributed by atoms with Gasteiger partial charge in [0.05, 0.1) is 19.8 Å². The van der Waals surface area contributed by atoms with E-state index in [4.69, 9.17) is 5.11 Å². The Bertz CT molecular complexity index is 852. The lowest BCUT2D eigenvalue weighted by Gasteiger charge is -2.11. The molecule has 3 aromatic rings. The topological polar surface area (TPSA) is 109 Å². The van der Waals surface area contributed by atoms with Crippen LogP contribution in [0.4, 0.5) is 10.1 Å². The van der Waals surface area contributed by atoms with Gasteiger partial charge in [-0.25, -0.2) is 4.39 Å². The molecule has 0 fully saturated rings. The summed E-state index contributed by atoms with van der Waals surface area (Å²) in [5, 5.41) is 32.6. The third-order valence-electron chi connectivity index (χ3n) is 3.53. The molecule has 0 spiro atoms. The number of aryl methyl sites for hydroxylation is 1. The highest BCUT2D eigenvalue weighted by Gasteiger charge is 2.10. The van der Waals surface area contributed by atoms with E-state index < -0.39 is 11.9 Å². The monoisotopic (exact) mass is 344 g/mol. The van der Waals surface area contributed by atoms with Gasteiger partial charge in [-0.2, -0.15) is 4.80 Å². The van der Waals surface area contributed by atoms with Crippen molar-refractivity contribution in [1.82, 2.24) is 25.2 Å². The van der Waals surface area contributed by atoms with Crippen LogP contribution >= 0.6 is 0 Å². The summed E-state index contributed by atoms with van der Waals surface area (Å²) in [6.07, 6.45) is 0.654. The second-order valence-corrected chi connectivity index (χ2v) is 5.45. The van der Waals surface area contributed by atoms with E-state index in [-0.39, 0.29) is 13.2 Å². The highest BCUT2D eigenvalue weighted by Crippen LogP contribution is 2.26. The third-order valence-corrected chi connectivity index (χ3v) is 3.53. The highest BCUT2D eigenvalue weighted by atomic mass is 19.1. The molecule has 0 radical (unpaired) electrons. The van der Waals surface area contributed by atoms with Crippen molar-refractivity contribution in [2.45, 2.75) is 6.10 Å². The van der Waals surface area contributed by atoms with Crippen LogP contribution in [0.5, 0.6) is 0 Å². The van der Waals surface area contributed by atoms with Gasteiger partial charge in [-0.05, 0) is 29.5 Å². The number of hydrogen-bond donors (Lipinski definition) is 3. The second-order valence-electron chi connectivity index (χ2n) is 5.45. The van der Waals surface area contributed by atoms with Gasteiger partial charge in [0.15, 0.2) is 0 Å². The average molecular weight is 344 g/mol. The van der Waals surface area contributed by atoms with Crippen molar-refractivity contribution in [3.05, 3.63) is 42.3 Å². The van der Waals surface area contributed by atoms with E-state index in [2.05, 4.69) is 25.7 Å². The number of aromatic nitrogens is 5. The Hall–Kier alpha value is -2.91. The molecular weight excluding hydrogens is 327 g/mol. The Morgan fingerprint density at radius 1 is 1.28 bits per heavy atom. The standard InChI is InChI=1S/C16H17FN6O2/c1-23-21-16(20-22-23)15-5-2-10(7-19-15)13-4-3-11(6-14(13)17)18-8-12(25)9-24/h2-7,12,18,24-25H,8-9H2,1H3/t12-/m0/s1. The van der Waals surface area contributed by atoms with Gasteiger partial charge in [-0.3, -0.25) is 4.98 Å². The van der Waals surface area contributed by atoms with Crippen LogP contribution in [-0.4, -0.2) is 54.7 Å². The first-order valence-corrected chi connectivity index (χ1v) is 7.60. The minimum Gasteiger partial charge on any atom is -0.394 e. The lowest BCUT2D eigenvalue weighted by molar-refractivity contribution is 0.105. The van der Waals surface area contributed by atoms with Gasteiger partial charge in [-0.1, -0.05) is 6.07 Å². The number of benzene rings is 1. The maximum absolute atomic E-state index is 14.4. The van der Waals surface area contributed by atoms with Crippen LogP contribution in [0, 0.1) is 5.82 Å². The van der Waals surface area contributed by atoms with Crippen molar-refractivity contribution in [2.24, 2.45) is 7.05 Å². The summed E-state index contributed by atoms with van der Waals surface area (Å²) in [5.74, 6) is -0.0211. The number of nitrogens with zero attached hydrogens (tertiary/aromatic N) is 5. The summed E-state index contributed by atoms with van der Waals surface area (Å²) in [6, 6.07) is 8.09. The predicted octanol–water partition coefficient (Wildman–Crippen LogP) is 0.843. The summed E-state index contributed by atoms with van der Waals surface area (Å²) < 4.78 is 14.4. The quantitative estimate of drug-likeness (QED) is 0.608. The molecule has 0 aliphatic rings. The van der Waals surface area contributed by atoms with Crippen molar-refractivity contribution in [1.29, 1.82) is 0 Å². The van der Waals surface area contributed by atoms with E-state index in [1.54, 1.807) is 37.5 Å². The molecule has 0 aliphatic carbocycles. The summed E-state index contributed by atoms with van der Waals surface area (Å²) in [5.41, 5.74) is 2.09. The zero-order valence-corrected chi connectivity index (χ0v) is 13.5.